The standard InChI is InChI=1S/C12H16Cl2N2O.ClH/c13-10-2-1-3-11(14)12(10)17-7-6-16-5-4-9(15)8-16;/h1-3,9H,4-8,15H2;1H. The Morgan fingerprint density at radius 2 is 2.00 bits per heavy atom. The molecule has 1 saturated heterocycles. The number of nitrogens with two attached hydrogens (primary N) is 1. The van der Waals surface area contributed by atoms with E-state index >= 15 is 0 Å². The Labute approximate surface area is 124 Å². The third-order valence-corrected chi connectivity index (χ3v) is 3.48. The van der Waals surface area contributed by atoms with Gasteiger partial charge in [0.25, 0.3) is 0 Å². The predicted octanol–water partition coefficient (Wildman–Crippen LogP) is 2.83. The Morgan fingerprint density at radius 1 is 1.33 bits per heavy atom. The molecule has 2 rings (SSSR count). The van der Waals surface area contributed by atoms with E-state index in [2.05, 4.69) is 4.90 Å². The fraction of sp³-hybridized carbons (Fsp3) is 0.500. The van der Waals surface area contributed by atoms with Crippen molar-refractivity contribution in [3.63, 3.8) is 0 Å². The number of hydrogen-bond acceptors (Lipinski definition) is 3. The van der Waals surface area contributed by atoms with E-state index in [4.69, 9.17) is 33.7 Å². The average molecular weight is 312 g/mol. The molecular formula is C12H17Cl3N2O. The van der Waals surface area contributed by atoms with Crippen molar-refractivity contribution in [1.82, 2.24) is 4.90 Å². The highest BCUT2D eigenvalue weighted by atomic mass is 35.5. The number of likely N-dealkylation sites (tertiary alicyclic amines) is 1. The SMILES string of the molecule is Cl.NC1CCN(CCOc2c(Cl)cccc2Cl)C1. The first-order valence-electron chi connectivity index (χ1n) is 5.71. The smallest absolute Gasteiger partial charge is 0.156 e. The molecule has 1 heterocycles. The molecule has 1 aromatic carbocycles. The zero-order chi connectivity index (χ0) is 12.3. The van der Waals surface area contributed by atoms with Gasteiger partial charge < -0.3 is 10.5 Å². The predicted molar refractivity (Wildman–Crippen MR) is 78.2 cm³/mol. The molecule has 3 nitrogen and oxygen atoms in total. The zero-order valence-corrected chi connectivity index (χ0v) is 12.3. The number of benzene rings is 1. The highest BCUT2D eigenvalue weighted by molar-refractivity contribution is 6.37. The summed E-state index contributed by atoms with van der Waals surface area (Å²) in [5, 5.41) is 1.10. The van der Waals surface area contributed by atoms with Crippen LogP contribution in [-0.4, -0.2) is 37.2 Å². The van der Waals surface area contributed by atoms with Crippen LogP contribution in [0.15, 0.2) is 18.2 Å². The van der Waals surface area contributed by atoms with Gasteiger partial charge in [-0.1, -0.05) is 29.3 Å². The monoisotopic (exact) mass is 310 g/mol. The molecule has 1 fully saturated rings. The molecule has 6 heteroatoms. The van der Waals surface area contributed by atoms with Crippen molar-refractivity contribution in [2.45, 2.75) is 12.5 Å². The summed E-state index contributed by atoms with van der Waals surface area (Å²) in [5.74, 6) is 0.569. The summed E-state index contributed by atoms with van der Waals surface area (Å²) in [6, 6.07) is 5.65. The quantitative estimate of drug-likeness (QED) is 0.929. The number of ether oxygens (including phenoxy) is 1. The summed E-state index contributed by atoms with van der Waals surface area (Å²) in [5.41, 5.74) is 5.83. The Morgan fingerprint density at radius 3 is 2.56 bits per heavy atom. The number of para-hydroxylation sites is 1. The Hall–Kier alpha value is -0.190. The lowest BCUT2D eigenvalue weighted by Crippen LogP contribution is -2.29. The first-order chi connectivity index (χ1) is 8.16. The molecule has 0 spiro atoms. The van der Waals surface area contributed by atoms with Gasteiger partial charge in [0, 0.05) is 19.1 Å². The molecule has 0 aliphatic carbocycles. The van der Waals surface area contributed by atoms with E-state index in [0.717, 1.165) is 26.1 Å². The van der Waals surface area contributed by atoms with Gasteiger partial charge in [-0.2, -0.15) is 0 Å². The van der Waals surface area contributed by atoms with Crippen molar-refractivity contribution >= 4 is 35.6 Å². The average Bonchev–Trinajstić information content (AvgIpc) is 2.69. The summed E-state index contributed by atoms with van der Waals surface area (Å²) < 4.78 is 5.62. The van der Waals surface area contributed by atoms with Crippen LogP contribution >= 0.6 is 35.6 Å². The molecule has 1 atom stereocenters. The summed E-state index contributed by atoms with van der Waals surface area (Å²) in [6.07, 6.45) is 1.06. The van der Waals surface area contributed by atoms with Crippen molar-refractivity contribution < 1.29 is 4.74 Å². The lowest BCUT2D eigenvalue weighted by Gasteiger charge is -2.16. The van der Waals surface area contributed by atoms with E-state index < -0.39 is 0 Å². The molecule has 0 saturated carbocycles. The van der Waals surface area contributed by atoms with Crippen LogP contribution in [0.4, 0.5) is 0 Å². The van der Waals surface area contributed by atoms with Crippen molar-refractivity contribution in [3.05, 3.63) is 28.2 Å². The third-order valence-electron chi connectivity index (χ3n) is 2.88. The Kier molecular flexibility index (Phi) is 6.53. The van der Waals surface area contributed by atoms with E-state index in [1.165, 1.54) is 0 Å². The molecule has 1 unspecified atom stereocenters. The van der Waals surface area contributed by atoms with Crippen LogP contribution in [-0.2, 0) is 0 Å². The minimum Gasteiger partial charge on any atom is -0.489 e. The van der Waals surface area contributed by atoms with Crippen molar-refractivity contribution in [1.29, 1.82) is 0 Å². The normalized spacial score (nSPS) is 19.6. The molecule has 18 heavy (non-hydrogen) atoms. The van der Waals surface area contributed by atoms with Gasteiger partial charge in [-0.15, -0.1) is 12.4 Å². The second-order valence-electron chi connectivity index (χ2n) is 4.25. The van der Waals surface area contributed by atoms with E-state index in [1.54, 1.807) is 18.2 Å². The summed E-state index contributed by atoms with van der Waals surface area (Å²) in [4.78, 5) is 2.29. The van der Waals surface area contributed by atoms with Crippen molar-refractivity contribution in [3.8, 4) is 5.75 Å². The summed E-state index contributed by atoms with van der Waals surface area (Å²) in [7, 11) is 0. The van der Waals surface area contributed by atoms with Gasteiger partial charge in [-0.25, -0.2) is 0 Å². The number of nitrogens with zero attached hydrogens (tertiary/aromatic N) is 1. The molecule has 102 valence electrons. The largest absolute Gasteiger partial charge is 0.489 e. The molecule has 0 aromatic heterocycles. The molecular weight excluding hydrogens is 295 g/mol. The molecule has 0 bridgehead atoms. The number of rotatable bonds is 4. The lowest BCUT2D eigenvalue weighted by atomic mass is 10.3. The maximum absolute atomic E-state index is 6.01. The van der Waals surface area contributed by atoms with Crippen molar-refractivity contribution in [2.75, 3.05) is 26.2 Å². The maximum Gasteiger partial charge on any atom is 0.156 e. The van der Waals surface area contributed by atoms with Gasteiger partial charge in [-0.05, 0) is 25.1 Å². The first kappa shape index (κ1) is 15.9. The van der Waals surface area contributed by atoms with Crippen LogP contribution < -0.4 is 10.5 Å². The summed E-state index contributed by atoms with van der Waals surface area (Å²) >= 11 is 12.0. The van der Waals surface area contributed by atoms with E-state index in [-0.39, 0.29) is 12.4 Å². The highest BCUT2D eigenvalue weighted by Gasteiger charge is 2.18. The maximum atomic E-state index is 6.01. The van der Waals surface area contributed by atoms with Gasteiger partial charge >= 0.3 is 0 Å². The molecule has 1 aromatic rings. The van der Waals surface area contributed by atoms with Crippen LogP contribution in [0.2, 0.25) is 10.0 Å². The molecule has 1 aliphatic heterocycles. The van der Waals surface area contributed by atoms with Crippen LogP contribution in [0.1, 0.15) is 6.42 Å². The second-order valence-corrected chi connectivity index (χ2v) is 5.06. The van der Waals surface area contributed by atoms with Gasteiger partial charge in [-0.3, -0.25) is 4.90 Å². The van der Waals surface area contributed by atoms with Gasteiger partial charge in [0.2, 0.25) is 0 Å². The van der Waals surface area contributed by atoms with Crippen molar-refractivity contribution in [2.24, 2.45) is 5.73 Å². The Balaban J connectivity index is 0.00000162. The molecule has 1 aliphatic rings. The third kappa shape index (κ3) is 4.18. The van der Waals surface area contributed by atoms with E-state index in [0.29, 0.717) is 28.4 Å². The van der Waals surface area contributed by atoms with Gasteiger partial charge in [0.1, 0.15) is 6.61 Å². The lowest BCUT2D eigenvalue weighted by molar-refractivity contribution is 0.236. The van der Waals surface area contributed by atoms with Gasteiger partial charge in [0.15, 0.2) is 5.75 Å². The molecule has 0 radical (unpaired) electrons. The molecule has 2 N–H and O–H groups in total. The molecule has 0 amide bonds. The highest BCUT2D eigenvalue weighted by Crippen LogP contribution is 2.32. The summed E-state index contributed by atoms with van der Waals surface area (Å²) in [6.45, 7) is 3.42. The van der Waals surface area contributed by atoms with E-state index in [1.807, 2.05) is 0 Å². The first-order valence-corrected chi connectivity index (χ1v) is 6.47. The van der Waals surface area contributed by atoms with E-state index in [9.17, 15) is 0 Å². The van der Waals surface area contributed by atoms with Crippen LogP contribution in [0.25, 0.3) is 0 Å². The fourth-order valence-electron chi connectivity index (χ4n) is 1.96. The fourth-order valence-corrected chi connectivity index (χ4v) is 2.47. The minimum atomic E-state index is 0. The number of halogens is 3. The topological polar surface area (TPSA) is 38.5 Å². The Bertz CT molecular complexity index is 369. The zero-order valence-electron chi connectivity index (χ0n) is 9.94. The van der Waals surface area contributed by atoms with Gasteiger partial charge in [0.05, 0.1) is 10.0 Å². The van der Waals surface area contributed by atoms with Crippen LogP contribution in [0.3, 0.4) is 0 Å². The van der Waals surface area contributed by atoms with Crippen LogP contribution in [0, 0.1) is 0 Å². The number of hydrogen-bond donors (Lipinski definition) is 1. The van der Waals surface area contributed by atoms with Crippen LogP contribution in [0.5, 0.6) is 5.75 Å². The second kappa shape index (κ2) is 7.41. The minimum absolute atomic E-state index is 0.